The Hall–Kier alpha value is -1.02. The van der Waals surface area contributed by atoms with Crippen LogP contribution < -0.4 is 4.74 Å². The molecule has 1 aromatic rings. The van der Waals surface area contributed by atoms with Crippen molar-refractivity contribution in [2.45, 2.75) is 27.2 Å². The number of rotatable bonds is 3. The van der Waals surface area contributed by atoms with Crippen LogP contribution in [0.1, 0.15) is 25.0 Å². The highest BCUT2D eigenvalue weighted by atomic mass is 16.5. The average molecular weight is 196 g/mol. The summed E-state index contributed by atoms with van der Waals surface area (Å²) in [5, 5.41) is 8.71. The summed E-state index contributed by atoms with van der Waals surface area (Å²) in [5.74, 6) is 0.900. The zero-order valence-corrected chi connectivity index (χ0v) is 9.50. The van der Waals surface area contributed by atoms with Gasteiger partial charge < -0.3 is 9.84 Å². The summed E-state index contributed by atoms with van der Waals surface area (Å²) in [6.45, 7) is 6.20. The van der Waals surface area contributed by atoms with Crippen LogP contribution in [-0.2, 0) is 6.42 Å². The number of benzene rings is 1. The van der Waals surface area contributed by atoms with Crippen LogP contribution in [-0.4, -0.2) is 18.8 Å². The van der Waals surface area contributed by atoms with E-state index in [4.69, 9.17) is 9.84 Å². The lowest BCUT2D eigenvalue weighted by molar-refractivity contribution is 0.299. The van der Waals surface area contributed by atoms with E-state index in [0.717, 1.165) is 16.9 Å². The molecule has 0 amide bonds. The van der Waals surface area contributed by atoms with Crippen molar-refractivity contribution >= 4 is 0 Å². The van der Waals surface area contributed by atoms with Crippen molar-refractivity contribution in [3.8, 4) is 5.75 Å². The molecule has 0 saturated carbocycles. The molecule has 0 aromatic heterocycles. The summed E-state index contributed by atoms with van der Waals surface area (Å²) in [5.41, 5.74) is 2.26. The van der Waals surface area contributed by atoms with Crippen molar-refractivity contribution in [3.63, 3.8) is 0 Å². The maximum absolute atomic E-state index is 8.71. The number of aryl methyl sites for hydroxylation is 1. The van der Waals surface area contributed by atoms with E-state index in [-0.39, 0.29) is 6.61 Å². The second-order valence-corrected chi connectivity index (χ2v) is 2.78. The van der Waals surface area contributed by atoms with Crippen molar-refractivity contribution in [3.05, 3.63) is 29.3 Å². The fraction of sp³-hybridized carbons (Fsp3) is 0.500. The van der Waals surface area contributed by atoms with E-state index < -0.39 is 0 Å². The van der Waals surface area contributed by atoms with E-state index >= 15 is 0 Å². The molecule has 0 saturated heterocycles. The Morgan fingerprint density at radius 1 is 1.29 bits per heavy atom. The highest BCUT2D eigenvalue weighted by molar-refractivity contribution is 5.36. The number of hydrogen-bond acceptors (Lipinski definition) is 2. The first kappa shape index (κ1) is 13.0. The lowest BCUT2D eigenvalue weighted by atomic mass is 10.1. The van der Waals surface area contributed by atoms with Crippen molar-refractivity contribution < 1.29 is 9.84 Å². The fourth-order valence-electron chi connectivity index (χ4n) is 1.23. The van der Waals surface area contributed by atoms with Crippen molar-refractivity contribution in [1.82, 2.24) is 0 Å². The summed E-state index contributed by atoms with van der Waals surface area (Å²) in [6.07, 6.45) is 0.713. The predicted molar refractivity (Wildman–Crippen MR) is 59.9 cm³/mol. The van der Waals surface area contributed by atoms with Gasteiger partial charge >= 0.3 is 0 Å². The molecule has 14 heavy (non-hydrogen) atoms. The first-order valence-corrected chi connectivity index (χ1v) is 5.02. The van der Waals surface area contributed by atoms with Gasteiger partial charge in [-0.25, -0.2) is 0 Å². The Bertz CT molecular complexity index is 256. The molecule has 80 valence electrons. The number of aliphatic hydroxyl groups is 1. The molecule has 0 unspecified atom stereocenters. The molecule has 2 heteroatoms. The predicted octanol–water partition coefficient (Wildman–Crippen LogP) is 2.56. The highest BCUT2D eigenvalue weighted by Crippen LogP contribution is 2.18. The zero-order valence-electron chi connectivity index (χ0n) is 9.50. The van der Waals surface area contributed by atoms with Gasteiger partial charge in [0, 0.05) is 6.61 Å². The van der Waals surface area contributed by atoms with Crippen molar-refractivity contribution in [2.24, 2.45) is 0 Å². The number of aliphatic hydroxyl groups excluding tert-OH is 1. The number of ether oxygens (including phenoxy) is 1. The molecule has 0 aliphatic heterocycles. The Balaban J connectivity index is 0.000000791. The van der Waals surface area contributed by atoms with Gasteiger partial charge in [0.2, 0.25) is 0 Å². The minimum Gasteiger partial charge on any atom is -0.496 e. The van der Waals surface area contributed by atoms with Crippen molar-refractivity contribution in [1.29, 1.82) is 0 Å². The molecule has 0 atom stereocenters. The van der Waals surface area contributed by atoms with E-state index in [1.807, 2.05) is 39.0 Å². The molecule has 0 aliphatic rings. The monoisotopic (exact) mass is 196 g/mol. The van der Waals surface area contributed by atoms with Gasteiger partial charge in [0.25, 0.3) is 0 Å². The average Bonchev–Trinajstić information content (AvgIpc) is 2.22. The van der Waals surface area contributed by atoms with E-state index in [2.05, 4.69) is 0 Å². The lowest BCUT2D eigenvalue weighted by Crippen LogP contribution is -1.93. The van der Waals surface area contributed by atoms with E-state index in [1.165, 1.54) is 0 Å². The van der Waals surface area contributed by atoms with Crippen LogP contribution in [0, 0.1) is 6.92 Å². The largest absolute Gasteiger partial charge is 0.496 e. The van der Waals surface area contributed by atoms with Crippen LogP contribution in [0.2, 0.25) is 0 Å². The highest BCUT2D eigenvalue weighted by Gasteiger charge is 1.98. The Kier molecular flexibility index (Phi) is 6.85. The second-order valence-electron chi connectivity index (χ2n) is 2.78. The third-order valence-electron chi connectivity index (χ3n) is 1.86. The molecule has 2 nitrogen and oxygen atoms in total. The summed E-state index contributed by atoms with van der Waals surface area (Å²) in [7, 11) is 1.66. The molecule has 0 radical (unpaired) electrons. The van der Waals surface area contributed by atoms with Crippen LogP contribution in [0.15, 0.2) is 18.2 Å². The van der Waals surface area contributed by atoms with Crippen LogP contribution in [0.3, 0.4) is 0 Å². The van der Waals surface area contributed by atoms with Gasteiger partial charge in [-0.15, -0.1) is 0 Å². The quantitative estimate of drug-likeness (QED) is 0.805. The minimum absolute atomic E-state index is 0.200. The smallest absolute Gasteiger partial charge is 0.121 e. The number of methoxy groups -OCH3 is 1. The Morgan fingerprint density at radius 3 is 2.36 bits per heavy atom. The van der Waals surface area contributed by atoms with Gasteiger partial charge in [0.15, 0.2) is 0 Å². The molecule has 0 aliphatic carbocycles. The molecule has 1 rings (SSSR count). The Labute approximate surface area is 86.5 Å². The second kappa shape index (κ2) is 7.39. The number of hydrogen-bond donors (Lipinski definition) is 1. The van der Waals surface area contributed by atoms with Crippen LogP contribution >= 0.6 is 0 Å². The van der Waals surface area contributed by atoms with E-state index in [0.29, 0.717) is 6.42 Å². The normalized spacial score (nSPS) is 8.93. The molecule has 0 spiro atoms. The van der Waals surface area contributed by atoms with Gasteiger partial charge in [0.1, 0.15) is 5.75 Å². The first-order chi connectivity index (χ1) is 6.77. The lowest BCUT2D eigenvalue weighted by Gasteiger charge is -2.05. The standard InChI is InChI=1S/C10H14O2.C2H6/c1-8-7-9(5-6-11)3-4-10(8)12-2;1-2/h3-4,7,11H,5-6H2,1-2H3;1-2H3. The van der Waals surface area contributed by atoms with Gasteiger partial charge in [-0.3, -0.25) is 0 Å². The van der Waals surface area contributed by atoms with Crippen LogP contribution in [0.5, 0.6) is 5.75 Å². The molecule has 0 bridgehead atoms. The van der Waals surface area contributed by atoms with E-state index in [1.54, 1.807) is 7.11 Å². The maximum atomic E-state index is 8.71. The molecular formula is C12H20O2. The SMILES string of the molecule is CC.COc1ccc(CCO)cc1C. The third-order valence-corrected chi connectivity index (χ3v) is 1.86. The van der Waals surface area contributed by atoms with Gasteiger partial charge in [-0.05, 0) is 30.5 Å². The van der Waals surface area contributed by atoms with Gasteiger partial charge in [-0.2, -0.15) is 0 Å². The van der Waals surface area contributed by atoms with Crippen LogP contribution in [0.4, 0.5) is 0 Å². The van der Waals surface area contributed by atoms with Gasteiger partial charge in [0.05, 0.1) is 7.11 Å². The third kappa shape index (κ3) is 3.79. The molecule has 1 aromatic carbocycles. The zero-order chi connectivity index (χ0) is 11.0. The fourth-order valence-corrected chi connectivity index (χ4v) is 1.23. The molecular weight excluding hydrogens is 176 g/mol. The maximum Gasteiger partial charge on any atom is 0.121 e. The summed E-state index contributed by atoms with van der Waals surface area (Å²) < 4.78 is 5.12. The summed E-state index contributed by atoms with van der Waals surface area (Å²) in [4.78, 5) is 0. The molecule has 1 N–H and O–H groups in total. The topological polar surface area (TPSA) is 29.5 Å². The molecule has 0 fully saturated rings. The summed E-state index contributed by atoms with van der Waals surface area (Å²) >= 11 is 0. The summed E-state index contributed by atoms with van der Waals surface area (Å²) in [6, 6.07) is 5.94. The minimum atomic E-state index is 0.200. The Morgan fingerprint density at radius 2 is 1.93 bits per heavy atom. The molecule has 0 heterocycles. The van der Waals surface area contributed by atoms with Crippen molar-refractivity contribution in [2.75, 3.05) is 13.7 Å². The van der Waals surface area contributed by atoms with Crippen LogP contribution in [0.25, 0.3) is 0 Å². The van der Waals surface area contributed by atoms with Gasteiger partial charge in [-0.1, -0.05) is 26.0 Å². The first-order valence-electron chi connectivity index (χ1n) is 5.02. The van der Waals surface area contributed by atoms with E-state index in [9.17, 15) is 0 Å².